The van der Waals surface area contributed by atoms with Gasteiger partial charge in [0, 0.05) is 22.6 Å². The van der Waals surface area contributed by atoms with Crippen molar-refractivity contribution in [1.82, 2.24) is 15.1 Å². The lowest BCUT2D eigenvalue weighted by Gasteiger charge is -2.29. The van der Waals surface area contributed by atoms with Crippen LogP contribution >= 0.6 is 15.9 Å². The Morgan fingerprint density at radius 1 is 1.32 bits per heavy atom. The van der Waals surface area contributed by atoms with Crippen LogP contribution in [-0.2, 0) is 4.74 Å². The van der Waals surface area contributed by atoms with Gasteiger partial charge in [-0.25, -0.2) is 4.79 Å². The van der Waals surface area contributed by atoms with Gasteiger partial charge in [0.05, 0.1) is 11.6 Å². The molecule has 25 heavy (non-hydrogen) atoms. The number of hydrogen-bond donors (Lipinski definition) is 1. The Balaban J connectivity index is 1.50. The highest BCUT2D eigenvalue weighted by molar-refractivity contribution is 9.10. The average molecular weight is 408 g/mol. The van der Waals surface area contributed by atoms with Gasteiger partial charge in [0.1, 0.15) is 5.60 Å². The molecule has 3 rings (SSSR count). The second-order valence-corrected chi connectivity index (χ2v) is 8.79. The zero-order valence-electron chi connectivity index (χ0n) is 15.1. The van der Waals surface area contributed by atoms with E-state index in [1.165, 1.54) is 5.39 Å². The van der Waals surface area contributed by atoms with E-state index < -0.39 is 5.60 Å². The van der Waals surface area contributed by atoms with E-state index in [9.17, 15) is 4.79 Å². The molecular formula is C19H26BrN3O2. The minimum atomic E-state index is -0.446. The van der Waals surface area contributed by atoms with Crippen molar-refractivity contribution in [3.63, 3.8) is 0 Å². The normalized spacial score (nSPS) is 21.3. The van der Waals surface area contributed by atoms with Gasteiger partial charge in [-0.3, -0.25) is 4.68 Å². The number of nitrogens with zero attached hydrogens (tertiary/aromatic N) is 2. The molecule has 0 saturated heterocycles. The molecule has 136 valence electrons. The van der Waals surface area contributed by atoms with Gasteiger partial charge >= 0.3 is 6.09 Å². The van der Waals surface area contributed by atoms with Crippen molar-refractivity contribution >= 4 is 32.9 Å². The lowest BCUT2D eigenvalue weighted by atomic mass is 9.86. The Hall–Kier alpha value is -1.56. The van der Waals surface area contributed by atoms with Crippen LogP contribution in [0.15, 0.2) is 28.9 Å². The zero-order valence-corrected chi connectivity index (χ0v) is 16.7. The van der Waals surface area contributed by atoms with Gasteiger partial charge in [-0.1, -0.05) is 22.0 Å². The van der Waals surface area contributed by atoms with Crippen molar-refractivity contribution in [2.24, 2.45) is 5.92 Å². The molecule has 6 heteroatoms. The second-order valence-electron chi connectivity index (χ2n) is 7.87. The van der Waals surface area contributed by atoms with E-state index in [2.05, 4.69) is 44.3 Å². The minimum absolute atomic E-state index is 0.321. The monoisotopic (exact) mass is 407 g/mol. The first-order valence-corrected chi connectivity index (χ1v) is 9.71. The molecule has 0 radical (unpaired) electrons. The molecule has 1 N–H and O–H groups in total. The van der Waals surface area contributed by atoms with E-state index in [1.807, 2.05) is 26.8 Å². The van der Waals surface area contributed by atoms with Crippen molar-refractivity contribution in [3.8, 4) is 0 Å². The smallest absolute Gasteiger partial charge is 0.407 e. The van der Waals surface area contributed by atoms with Crippen LogP contribution in [-0.4, -0.2) is 28.0 Å². The summed E-state index contributed by atoms with van der Waals surface area (Å²) in [5.41, 5.74) is 0.585. The fraction of sp³-hybridized carbons (Fsp3) is 0.579. The largest absolute Gasteiger partial charge is 0.444 e. The van der Waals surface area contributed by atoms with Gasteiger partial charge in [0.15, 0.2) is 0 Å². The SMILES string of the molecule is CC(C)(C)OC(=O)NC[C@H]1CC[C@H](n2cc3ccc(Br)cc3n2)CC1. The molecule has 5 nitrogen and oxygen atoms in total. The summed E-state index contributed by atoms with van der Waals surface area (Å²) >= 11 is 3.50. The number of fused-ring (bicyclic) bond motifs is 1. The maximum absolute atomic E-state index is 11.8. The van der Waals surface area contributed by atoms with Crippen LogP contribution in [0.5, 0.6) is 0 Å². The van der Waals surface area contributed by atoms with Crippen molar-refractivity contribution in [1.29, 1.82) is 0 Å². The predicted octanol–water partition coefficient (Wildman–Crippen LogP) is 5.05. The summed E-state index contributed by atoms with van der Waals surface area (Å²) in [4.78, 5) is 11.8. The van der Waals surface area contributed by atoms with Crippen LogP contribution in [0.3, 0.4) is 0 Å². The Labute approximate surface area is 157 Å². The number of amides is 1. The van der Waals surface area contributed by atoms with E-state index in [0.717, 1.165) is 35.7 Å². The lowest BCUT2D eigenvalue weighted by Crippen LogP contribution is -2.36. The number of carbonyl (C=O) groups is 1. The first-order chi connectivity index (χ1) is 11.8. The molecule has 1 fully saturated rings. The number of benzene rings is 1. The van der Waals surface area contributed by atoms with Gasteiger partial charge in [-0.15, -0.1) is 0 Å². The number of alkyl carbamates (subject to hydrolysis) is 1. The van der Waals surface area contributed by atoms with E-state index in [-0.39, 0.29) is 6.09 Å². The Morgan fingerprint density at radius 3 is 2.72 bits per heavy atom. The van der Waals surface area contributed by atoms with Crippen LogP contribution in [0.4, 0.5) is 4.79 Å². The maximum Gasteiger partial charge on any atom is 0.407 e. The molecular weight excluding hydrogens is 382 g/mol. The summed E-state index contributed by atoms with van der Waals surface area (Å²) < 4.78 is 8.47. The molecule has 0 aliphatic heterocycles. The van der Waals surface area contributed by atoms with Crippen molar-refractivity contribution in [3.05, 3.63) is 28.9 Å². The fourth-order valence-corrected chi connectivity index (χ4v) is 3.70. The highest BCUT2D eigenvalue weighted by atomic mass is 79.9. The molecule has 1 saturated carbocycles. The molecule has 2 aromatic rings. The second kappa shape index (κ2) is 7.36. The molecule has 1 heterocycles. The number of nitrogens with one attached hydrogen (secondary N) is 1. The first-order valence-electron chi connectivity index (χ1n) is 8.91. The summed E-state index contributed by atoms with van der Waals surface area (Å²) in [6.45, 7) is 6.33. The molecule has 0 spiro atoms. The topological polar surface area (TPSA) is 56.1 Å². The van der Waals surface area contributed by atoms with Gasteiger partial charge in [0.25, 0.3) is 0 Å². The van der Waals surface area contributed by atoms with E-state index in [1.54, 1.807) is 0 Å². The minimum Gasteiger partial charge on any atom is -0.444 e. The number of rotatable bonds is 3. The zero-order chi connectivity index (χ0) is 18.0. The Kier molecular flexibility index (Phi) is 5.37. The van der Waals surface area contributed by atoms with Crippen LogP contribution < -0.4 is 5.32 Å². The third kappa shape index (κ3) is 4.97. The summed E-state index contributed by atoms with van der Waals surface area (Å²) in [5, 5.41) is 8.81. The molecule has 1 aliphatic carbocycles. The highest BCUT2D eigenvalue weighted by Crippen LogP contribution is 2.32. The van der Waals surface area contributed by atoms with Crippen LogP contribution in [0.2, 0.25) is 0 Å². The summed E-state index contributed by atoms with van der Waals surface area (Å²) in [6, 6.07) is 6.65. The number of ether oxygens (including phenoxy) is 1. The number of aromatic nitrogens is 2. The highest BCUT2D eigenvalue weighted by Gasteiger charge is 2.24. The predicted molar refractivity (Wildman–Crippen MR) is 103 cm³/mol. The summed E-state index contributed by atoms with van der Waals surface area (Å²) in [6.07, 6.45) is 6.21. The molecule has 1 aliphatic rings. The van der Waals surface area contributed by atoms with Crippen LogP contribution in [0.1, 0.15) is 52.5 Å². The third-order valence-corrected chi connectivity index (χ3v) is 5.10. The molecule has 0 unspecified atom stereocenters. The van der Waals surface area contributed by atoms with Crippen molar-refractivity contribution in [2.75, 3.05) is 6.54 Å². The molecule has 0 atom stereocenters. The summed E-state index contributed by atoms with van der Waals surface area (Å²) in [5.74, 6) is 0.517. The van der Waals surface area contributed by atoms with Crippen molar-refractivity contribution in [2.45, 2.75) is 58.1 Å². The Morgan fingerprint density at radius 2 is 2.04 bits per heavy atom. The van der Waals surface area contributed by atoms with Gasteiger partial charge in [-0.05, 0) is 64.5 Å². The van der Waals surface area contributed by atoms with Gasteiger partial charge in [0.2, 0.25) is 0 Å². The Bertz CT molecular complexity index is 743. The molecule has 1 aromatic carbocycles. The number of carbonyl (C=O) groups excluding carboxylic acids is 1. The van der Waals surface area contributed by atoms with Crippen LogP contribution in [0, 0.1) is 5.92 Å². The van der Waals surface area contributed by atoms with Crippen LogP contribution in [0.25, 0.3) is 10.9 Å². The van der Waals surface area contributed by atoms with Crippen molar-refractivity contribution < 1.29 is 9.53 Å². The lowest BCUT2D eigenvalue weighted by molar-refractivity contribution is 0.0513. The molecule has 0 bridgehead atoms. The standard InChI is InChI=1S/C19H26BrN3O2/c1-19(2,3)25-18(24)21-11-13-4-8-16(9-5-13)23-12-14-6-7-15(20)10-17(14)22-23/h6-7,10,12-13,16H,4-5,8-9,11H2,1-3H3,(H,21,24)/t13-,16-. The first kappa shape index (κ1) is 18.2. The van der Waals surface area contributed by atoms with Gasteiger partial charge < -0.3 is 10.1 Å². The van der Waals surface area contributed by atoms with E-state index in [0.29, 0.717) is 18.5 Å². The summed E-state index contributed by atoms with van der Waals surface area (Å²) in [7, 11) is 0. The third-order valence-electron chi connectivity index (χ3n) is 4.61. The maximum atomic E-state index is 11.8. The van der Waals surface area contributed by atoms with E-state index >= 15 is 0 Å². The number of hydrogen-bond acceptors (Lipinski definition) is 3. The molecule has 1 amide bonds. The molecule has 1 aromatic heterocycles. The quantitative estimate of drug-likeness (QED) is 0.773. The number of halogens is 1. The fourth-order valence-electron chi connectivity index (χ4n) is 3.35. The van der Waals surface area contributed by atoms with E-state index in [4.69, 9.17) is 9.84 Å². The average Bonchev–Trinajstić information content (AvgIpc) is 2.95. The van der Waals surface area contributed by atoms with Gasteiger partial charge in [-0.2, -0.15) is 5.10 Å².